The Morgan fingerprint density at radius 2 is 1.89 bits per heavy atom. The van der Waals surface area contributed by atoms with Gasteiger partial charge in [0.25, 0.3) is 0 Å². The van der Waals surface area contributed by atoms with Gasteiger partial charge in [0.15, 0.2) is 0 Å². The van der Waals surface area contributed by atoms with Gasteiger partial charge >= 0.3 is 0 Å². The summed E-state index contributed by atoms with van der Waals surface area (Å²) in [6.45, 7) is 2.10. The number of aliphatic hydroxyl groups excluding tert-OH is 1. The van der Waals surface area contributed by atoms with E-state index >= 15 is 0 Å². The number of carbonyl (C=O) groups is 3. The molecule has 3 aliphatic heterocycles. The van der Waals surface area contributed by atoms with Gasteiger partial charge in [0, 0.05) is 22.1 Å². The zero-order valence-corrected chi connectivity index (χ0v) is 23.3. The number of nitrogens with one attached hydrogen (secondary N) is 2. The van der Waals surface area contributed by atoms with Crippen LogP contribution in [0.15, 0.2) is 54.6 Å². The second kappa shape index (κ2) is 11.0. The Bertz CT molecular complexity index is 1200. The number of aliphatic hydroxyl groups is 1. The lowest BCUT2D eigenvalue weighted by molar-refractivity contribution is -0.144. The number of nitrogens with zero attached hydrogens (tertiary/aromatic N) is 1. The van der Waals surface area contributed by atoms with Gasteiger partial charge in [-0.3, -0.25) is 14.4 Å². The highest BCUT2D eigenvalue weighted by molar-refractivity contribution is 9.09. The molecule has 8 nitrogen and oxygen atoms in total. The zero-order valence-electron chi connectivity index (χ0n) is 21.0. The second-order valence-electron chi connectivity index (χ2n) is 10.2. The number of alkyl halides is 1. The number of rotatable bonds is 9. The highest BCUT2D eigenvalue weighted by atomic mass is 79.9. The third-order valence-electron chi connectivity index (χ3n) is 7.86. The molecule has 3 heterocycles. The van der Waals surface area contributed by atoms with Gasteiger partial charge in [0.2, 0.25) is 17.7 Å². The van der Waals surface area contributed by atoms with Crippen LogP contribution in [0.5, 0.6) is 0 Å². The molecule has 0 saturated carbocycles. The van der Waals surface area contributed by atoms with Crippen molar-refractivity contribution < 1.29 is 24.2 Å². The van der Waals surface area contributed by atoms with E-state index in [1.54, 1.807) is 24.3 Å². The van der Waals surface area contributed by atoms with Crippen molar-refractivity contribution in [2.75, 3.05) is 18.5 Å². The van der Waals surface area contributed by atoms with Gasteiger partial charge in [-0.25, -0.2) is 0 Å². The first-order valence-corrected chi connectivity index (χ1v) is 14.2. The fourth-order valence-corrected chi connectivity index (χ4v) is 7.38. The van der Waals surface area contributed by atoms with Gasteiger partial charge in [-0.1, -0.05) is 64.8 Å². The summed E-state index contributed by atoms with van der Waals surface area (Å²) in [7, 11) is 0. The van der Waals surface area contributed by atoms with Crippen LogP contribution in [0.1, 0.15) is 25.3 Å². The number of ether oxygens (including phenoxy) is 1. The van der Waals surface area contributed by atoms with Crippen molar-refractivity contribution in [1.82, 2.24) is 10.2 Å². The molecule has 10 heteroatoms. The Kier molecular flexibility index (Phi) is 7.82. The summed E-state index contributed by atoms with van der Waals surface area (Å²) in [5.74, 6) is -2.58. The molecule has 3 aliphatic rings. The zero-order chi connectivity index (χ0) is 27.0. The first-order valence-electron chi connectivity index (χ1n) is 12.9. The summed E-state index contributed by atoms with van der Waals surface area (Å²) < 4.78 is 6.51. The number of likely N-dealkylation sites (tertiary alicyclic amines) is 1. The largest absolute Gasteiger partial charge is 0.394 e. The van der Waals surface area contributed by atoms with Crippen molar-refractivity contribution in [3.63, 3.8) is 0 Å². The maximum Gasteiger partial charge on any atom is 0.250 e. The van der Waals surface area contributed by atoms with Crippen LogP contribution in [-0.2, 0) is 25.5 Å². The molecule has 7 atom stereocenters. The van der Waals surface area contributed by atoms with Gasteiger partial charge in [-0.15, -0.1) is 0 Å². The highest BCUT2D eigenvalue weighted by Crippen LogP contribution is 2.60. The van der Waals surface area contributed by atoms with Crippen molar-refractivity contribution in [1.29, 1.82) is 0 Å². The van der Waals surface area contributed by atoms with Crippen molar-refractivity contribution >= 4 is 50.9 Å². The number of fused-ring (bicyclic) bond motifs is 1. The topological polar surface area (TPSA) is 108 Å². The molecule has 0 radical (unpaired) electrons. The van der Waals surface area contributed by atoms with E-state index in [0.29, 0.717) is 30.1 Å². The predicted molar refractivity (Wildman–Crippen MR) is 147 cm³/mol. The lowest BCUT2D eigenvalue weighted by atomic mass is 9.70. The molecule has 2 aromatic rings. The van der Waals surface area contributed by atoms with Gasteiger partial charge in [-0.2, -0.15) is 0 Å². The number of benzene rings is 2. The quantitative estimate of drug-likeness (QED) is 0.381. The fraction of sp³-hybridized carbons (Fsp3) is 0.464. The summed E-state index contributed by atoms with van der Waals surface area (Å²) >= 11 is 9.69. The predicted octanol–water partition coefficient (Wildman–Crippen LogP) is 3.16. The van der Waals surface area contributed by atoms with Crippen molar-refractivity contribution in [2.45, 2.75) is 54.8 Å². The molecule has 2 bridgehead atoms. The van der Waals surface area contributed by atoms with Crippen LogP contribution in [0.3, 0.4) is 0 Å². The van der Waals surface area contributed by atoms with Crippen LogP contribution in [0.2, 0.25) is 5.02 Å². The third-order valence-corrected chi connectivity index (χ3v) is 8.95. The van der Waals surface area contributed by atoms with Crippen LogP contribution >= 0.6 is 27.5 Å². The average molecular weight is 605 g/mol. The SMILES string of the molecule is CCCNC(=O)[C@H]1[C@@H]2OC3(CC2Br)C(C(=O)Nc2ccc(Cl)cc2)N([C@@H](CO)Cc2ccccc2)C(=O)[C@H]13. The third kappa shape index (κ3) is 4.63. The normalized spacial score (nSPS) is 30.3. The van der Waals surface area contributed by atoms with Gasteiger partial charge < -0.3 is 25.4 Å². The standard InChI is InChI=1S/C28H31BrClN3O5/c1-2-12-31-25(35)21-22-27(37)33(19(15-34)13-16-6-4-3-5-7-16)24(28(22)14-20(29)23(21)38-28)26(36)32-18-10-8-17(30)9-11-18/h3-11,19-24,34H,2,12-15H2,1H3,(H,31,35)(H,32,36)/t19-,20?,21-,22+,23-,24?,28?/m1/s1. The van der Waals surface area contributed by atoms with Crippen LogP contribution in [0, 0.1) is 11.8 Å². The van der Waals surface area contributed by atoms with E-state index in [2.05, 4.69) is 26.6 Å². The minimum atomic E-state index is -1.20. The molecule has 202 valence electrons. The first kappa shape index (κ1) is 27.1. The number of amides is 3. The first-order chi connectivity index (χ1) is 18.3. The average Bonchev–Trinajstić information content (AvgIpc) is 3.51. The van der Waals surface area contributed by atoms with E-state index in [1.165, 1.54) is 4.90 Å². The van der Waals surface area contributed by atoms with E-state index in [-0.39, 0.29) is 23.2 Å². The van der Waals surface area contributed by atoms with E-state index in [4.69, 9.17) is 16.3 Å². The van der Waals surface area contributed by atoms with Crippen LogP contribution in [-0.4, -0.2) is 69.5 Å². The molecule has 1 spiro atoms. The number of carbonyl (C=O) groups excluding carboxylic acids is 3. The Balaban J connectivity index is 1.54. The molecule has 3 fully saturated rings. The Morgan fingerprint density at radius 3 is 2.55 bits per heavy atom. The number of halogens is 2. The van der Waals surface area contributed by atoms with E-state index in [1.807, 2.05) is 37.3 Å². The molecule has 3 N–H and O–H groups in total. The lowest BCUT2D eigenvalue weighted by Gasteiger charge is -2.37. The maximum atomic E-state index is 14.2. The summed E-state index contributed by atoms with van der Waals surface area (Å²) in [5.41, 5.74) is 0.243. The molecule has 0 aromatic heterocycles. The smallest absolute Gasteiger partial charge is 0.250 e. The molecule has 3 amide bonds. The van der Waals surface area contributed by atoms with E-state index in [9.17, 15) is 19.5 Å². The van der Waals surface area contributed by atoms with Gasteiger partial charge in [-0.05, 0) is 49.1 Å². The molecule has 2 aromatic carbocycles. The fourth-order valence-electron chi connectivity index (χ4n) is 6.31. The second-order valence-corrected chi connectivity index (χ2v) is 11.8. The van der Waals surface area contributed by atoms with E-state index in [0.717, 1.165) is 12.0 Å². The maximum absolute atomic E-state index is 14.2. The Morgan fingerprint density at radius 1 is 1.18 bits per heavy atom. The monoisotopic (exact) mass is 603 g/mol. The molecule has 3 unspecified atom stereocenters. The van der Waals surface area contributed by atoms with Crippen LogP contribution < -0.4 is 10.6 Å². The number of anilines is 1. The van der Waals surface area contributed by atoms with Crippen LogP contribution in [0.4, 0.5) is 5.69 Å². The molecular weight excluding hydrogens is 574 g/mol. The number of hydrogen-bond acceptors (Lipinski definition) is 5. The van der Waals surface area contributed by atoms with Gasteiger partial charge in [0.05, 0.1) is 30.6 Å². The van der Waals surface area contributed by atoms with Gasteiger partial charge in [0.1, 0.15) is 11.6 Å². The molecule has 3 saturated heterocycles. The molecule has 5 rings (SSSR count). The Hall–Kier alpha value is -2.46. The lowest BCUT2D eigenvalue weighted by Crippen LogP contribution is -2.57. The van der Waals surface area contributed by atoms with E-state index < -0.39 is 41.5 Å². The summed E-state index contributed by atoms with van der Waals surface area (Å²) in [4.78, 5) is 42.8. The molecular formula is C28H31BrClN3O5. The minimum absolute atomic E-state index is 0.198. The minimum Gasteiger partial charge on any atom is -0.394 e. The summed E-state index contributed by atoms with van der Waals surface area (Å²) in [6.07, 6.45) is 0.970. The summed E-state index contributed by atoms with van der Waals surface area (Å²) in [5, 5.41) is 16.9. The van der Waals surface area contributed by atoms with Crippen molar-refractivity contribution in [3.05, 3.63) is 65.2 Å². The molecule has 0 aliphatic carbocycles. The summed E-state index contributed by atoms with van der Waals surface area (Å²) in [6, 6.07) is 14.5. The number of hydrogen-bond donors (Lipinski definition) is 3. The molecule has 38 heavy (non-hydrogen) atoms. The van der Waals surface area contributed by atoms with Crippen molar-refractivity contribution in [2.24, 2.45) is 11.8 Å². The van der Waals surface area contributed by atoms with Crippen molar-refractivity contribution in [3.8, 4) is 0 Å². The highest BCUT2D eigenvalue weighted by Gasteiger charge is 2.77. The Labute approximate surface area is 235 Å². The van der Waals surface area contributed by atoms with Crippen LogP contribution in [0.25, 0.3) is 0 Å².